The molecular weight excluding hydrogens is 276 g/mol. The second kappa shape index (κ2) is 5.08. The summed E-state index contributed by atoms with van der Waals surface area (Å²) in [6.07, 6.45) is 1.78. The molecule has 3 heterocycles. The normalized spacial score (nSPS) is 25.8. The third-order valence-electron chi connectivity index (χ3n) is 5.14. The van der Waals surface area contributed by atoms with Crippen LogP contribution in [0.2, 0.25) is 0 Å². The molecule has 22 heavy (non-hydrogen) atoms. The van der Waals surface area contributed by atoms with E-state index in [0.29, 0.717) is 19.8 Å². The summed E-state index contributed by atoms with van der Waals surface area (Å²) in [6.45, 7) is 5.99. The van der Waals surface area contributed by atoms with Crippen molar-refractivity contribution in [3.05, 3.63) is 35.0 Å². The molecular formula is C18H24N2O2. The van der Waals surface area contributed by atoms with Crippen molar-refractivity contribution >= 4 is 10.9 Å². The van der Waals surface area contributed by atoms with Crippen molar-refractivity contribution in [1.82, 2.24) is 9.47 Å². The highest BCUT2D eigenvalue weighted by molar-refractivity contribution is 5.86. The van der Waals surface area contributed by atoms with Crippen LogP contribution in [0.4, 0.5) is 0 Å². The minimum absolute atomic E-state index is 0.452. The maximum Gasteiger partial charge on any atom is 0.108 e. The zero-order chi connectivity index (χ0) is 15.3. The summed E-state index contributed by atoms with van der Waals surface area (Å²) < 4.78 is 7.78. The SMILES string of the molecule is Cc1ccc2c(c1)c1c(n2CC2(O)CCOC2)CCN(C)C1. The van der Waals surface area contributed by atoms with E-state index < -0.39 is 5.60 Å². The third-order valence-corrected chi connectivity index (χ3v) is 5.14. The molecule has 4 rings (SSSR count). The molecule has 0 spiro atoms. The molecule has 0 radical (unpaired) electrons. The summed E-state index contributed by atoms with van der Waals surface area (Å²) in [5.74, 6) is 0. The highest BCUT2D eigenvalue weighted by Gasteiger charge is 2.34. The van der Waals surface area contributed by atoms with Crippen LogP contribution in [0.3, 0.4) is 0 Å². The molecule has 1 aromatic heterocycles. The highest BCUT2D eigenvalue weighted by Crippen LogP contribution is 2.33. The van der Waals surface area contributed by atoms with Crippen LogP contribution in [0, 0.1) is 6.92 Å². The lowest BCUT2D eigenvalue weighted by atomic mass is 10.0. The van der Waals surface area contributed by atoms with Gasteiger partial charge in [0.05, 0.1) is 13.2 Å². The zero-order valence-corrected chi connectivity index (χ0v) is 13.4. The van der Waals surface area contributed by atoms with Gasteiger partial charge in [-0.3, -0.25) is 0 Å². The average Bonchev–Trinajstić information content (AvgIpc) is 3.03. The summed E-state index contributed by atoms with van der Waals surface area (Å²) >= 11 is 0. The van der Waals surface area contributed by atoms with Gasteiger partial charge in [0.25, 0.3) is 0 Å². The Labute approximate surface area is 131 Å². The summed E-state index contributed by atoms with van der Waals surface area (Å²) in [7, 11) is 2.18. The molecule has 1 unspecified atom stereocenters. The monoisotopic (exact) mass is 300 g/mol. The fraction of sp³-hybridized carbons (Fsp3) is 0.556. The predicted molar refractivity (Wildman–Crippen MR) is 87.1 cm³/mol. The standard InChI is InChI=1S/C18H24N2O2/c1-13-3-4-16-14(9-13)15-10-19(2)7-5-17(15)20(16)11-18(21)6-8-22-12-18/h3-4,9,21H,5-8,10-12H2,1-2H3. The van der Waals surface area contributed by atoms with E-state index in [4.69, 9.17) is 4.74 Å². The van der Waals surface area contributed by atoms with Crippen molar-refractivity contribution in [3.8, 4) is 0 Å². The van der Waals surface area contributed by atoms with Crippen molar-refractivity contribution in [3.63, 3.8) is 0 Å². The number of aromatic nitrogens is 1. The van der Waals surface area contributed by atoms with Crippen LogP contribution >= 0.6 is 0 Å². The van der Waals surface area contributed by atoms with E-state index in [2.05, 4.69) is 41.6 Å². The first kappa shape index (κ1) is 14.2. The minimum atomic E-state index is -0.714. The van der Waals surface area contributed by atoms with Crippen LogP contribution in [0.5, 0.6) is 0 Å². The van der Waals surface area contributed by atoms with Crippen molar-refractivity contribution in [2.24, 2.45) is 0 Å². The van der Waals surface area contributed by atoms with E-state index >= 15 is 0 Å². The summed E-state index contributed by atoms with van der Waals surface area (Å²) in [5, 5.41) is 12.1. The smallest absolute Gasteiger partial charge is 0.108 e. The Bertz CT molecular complexity index is 713. The first-order valence-corrected chi connectivity index (χ1v) is 8.15. The first-order chi connectivity index (χ1) is 10.6. The number of benzene rings is 1. The van der Waals surface area contributed by atoms with Crippen molar-refractivity contribution in [2.45, 2.75) is 38.5 Å². The molecule has 2 aliphatic heterocycles. The lowest BCUT2D eigenvalue weighted by Crippen LogP contribution is -2.36. The van der Waals surface area contributed by atoms with E-state index in [-0.39, 0.29) is 0 Å². The van der Waals surface area contributed by atoms with Gasteiger partial charge in [-0.15, -0.1) is 0 Å². The topological polar surface area (TPSA) is 37.6 Å². The summed E-state index contributed by atoms with van der Waals surface area (Å²) in [6, 6.07) is 6.67. The van der Waals surface area contributed by atoms with Crippen LogP contribution in [-0.2, 0) is 24.2 Å². The van der Waals surface area contributed by atoms with Crippen LogP contribution in [0.1, 0.15) is 23.2 Å². The molecule has 4 heteroatoms. The van der Waals surface area contributed by atoms with Crippen LogP contribution < -0.4 is 0 Å². The average molecular weight is 300 g/mol. The molecule has 2 aliphatic rings. The lowest BCUT2D eigenvalue weighted by molar-refractivity contribution is 0.0120. The Balaban J connectivity index is 1.86. The van der Waals surface area contributed by atoms with Crippen molar-refractivity contribution in [2.75, 3.05) is 26.8 Å². The fourth-order valence-corrected chi connectivity index (χ4v) is 3.89. The van der Waals surface area contributed by atoms with Gasteiger partial charge in [0.1, 0.15) is 5.60 Å². The van der Waals surface area contributed by atoms with Gasteiger partial charge in [-0.1, -0.05) is 11.6 Å². The Morgan fingerprint density at radius 3 is 3.00 bits per heavy atom. The van der Waals surface area contributed by atoms with E-state index in [1.807, 2.05) is 0 Å². The maximum atomic E-state index is 10.8. The van der Waals surface area contributed by atoms with Crippen LogP contribution in [0.15, 0.2) is 18.2 Å². The van der Waals surface area contributed by atoms with Gasteiger partial charge in [-0.25, -0.2) is 0 Å². The molecule has 1 fully saturated rings. The third kappa shape index (κ3) is 2.26. The number of hydrogen-bond acceptors (Lipinski definition) is 3. The number of aryl methyl sites for hydroxylation is 1. The van der Waals surface area contributed by atoms with E-state index in [1.54, 1.807) is 0 Å². The predicted octanol–water partition coefficient (Wildman–Crippen LogP) is 2.09. The number of hydrogen-bond donors (Lipinski definition) is 1. The molecule has 4 nitrogen and oxygen atoms in total. The molecule has 0 saturated carbocycles. The molecule has 1 aromatic carbocycles. The number of aliphatic hydroxyl groups is 1. The minimum Gasteiger partial charge on any atom is -0.386 e. The molecule has 0 bridgehead atoms. The summed E-state index contributed by atoms with van der Waals surface area (Å²) in [4.78, 5) is 2.38. The molecule has 1 saturated heterocycles. The molecule has 0 aliphatic carbocycles. The van der Waals surface area contributed by atoms with Crippen molar-refractivity contribution < 1.29 is 9.84 Å². The second-order valence-corrected chi connectivity index (χ2v) is 7.05. The lowest BCUT2D eigenvalue weighted by Gasteiger charge is -2.27. The zero-order valence-electron chi connectivity index (χ0n) is 13.4. The highest BCUT2D eigenvalue weighted by atomic mass is 16.5. The fourth-order valence-electron chi connectivity index (χ4n) is 3.89. The quantitative estimate of drug-likeness (QED) is 0.923. The largest absolute Gasteiger partial charge is 0.386 e. The van der Waals surface area contributed by atoms with Crippen molar-refractivity contribution in [1.29, 1.82) is 0 Å². The van der Waals surface area contributed by atoms with Gasteiger partial charge in [0, 0.05) is 49.1 Å². The van der Waals surface area contributed by atoms with E-state index in [0.717, 1.165) is 25.9 Å². The van der Waals surface area contributed by atoms with Gasteiger partial charge in [-0.2, -0.15) is 0 Å². The van der Waals surface area contributed by atoms with E-state index in [1.165, 1.54) is 27.7 Å². The molecule has 1 atom stereocenters. The number of nitrogens with zero attached hydrogens (tertiary/aromatic N) is 2. The Morgan fingerprint density at radius 2 is 2.23 bits per heavy atom. The molecule has 1 N–H and O–H groups in total. The van der Waals surface area contributed by atoms with E-state index in [9.17, 15) is 5.11 Å². The maximum absolute atomic E-state index is 10.8. The number of ether oxygens (including phenoxy) is 1. The Kier molecular flexibility index (Phi) is 3.29. The number of likely N-dealkylation sites (N-methyl/N-ethyl adjacent to an activating group) is 1. The van der Waals surface area contributed by atoms with Gasteiger partial charge >= 0.3 is 0 Å². The van der Waals surface area contributed by atoms with Gasteiger partial charge < -0.3 is 19.3 Å². The van der Waals surface area contributed by atoms with Gasteiger partial charge in [0.2, 0.25) is 0 Å². The molecule has 118 valence electrons. The Morgan fingerprint density at radius 1 is 1.36 bits per heavy atom. The van der Waals surface area contributed by atoms with Gasteiger partial charge in [-0.05, 0) is 31.7 Å². The van der Waals surface area contributed by atoms with Crippen LogP contribution in [0.25, 0.3) is 10.9 Å². The second-order valence-electron chi connectivity index (χ2n) is 7.05. The molecule has 0 amide bonds. The molecule has 2 aromatic rings. The summed E-state index contributed by atoms with van der Waals surface area (Å²) in [5.41, 5.74) is 4.68. The number of fused-ring (bicyclic) bond motifs is 3. The first-order valence-electron chi connectivity index (χ1n) is 8.15. The number of rotatable bonds is 2. The van der Waals surface area contributed by atoms with Gasteiger partial charge in [0.15, 0.2) is 0 Å². The Hall–Kier alpha value is -1.36. The van der Waals surface area contributed by atoms with Crippen LogP contribution in [-0.4, -0.2) is 47.0 Å².